The summed E-state index contributed by atoms with van der Waals surface area (Å²) in [5, 5.41) is 14.2. The number of nitro benzene ring substituents is 1. The normalized spacial score (nSPS) is 22.2. The third kappa shape index (κ3) is 4.25. The van der Waals surface area contributed by atoms with Crippen LogP contribution in [0.25, 0.3) is 0 Å². The van der Waals surface area contributed by atoms with Gasteiger partial charge in [0.05, 0.1) is 18.1 Å². The fourth-order valence-corrected chi connectivity index (χ4v) is 2.86. The Morgan fingerprint density at radius 3 is 2.68 bits per heavy atom. The minimum atomic E-state index is -0.371. The van der Waals surface area contributed by atoms with E-state index in [0.717, 1.165) is 31.9 Å². The van der Waals surface area contributed by atoms with E-state index < -0.39 is 0 Å². The number of morpholine rings is 1. The number of hydrogen-bond acceptors (Lipinski definition) is 5. The van der Waals surface area contributed by atoms with Crippen molar-refractivity contribution >= 4 is 5.69 Å². The highest BCUT2D eigenvalue weighted by molar-refractivity contribution is 5.34. The van der Waals surface area contributed by atoms with E-state index in [9.17, 15) is 10.1 Å². The van der Waals surface area contributed by atoms with Gasteiger partial charge in [0, 0.05) is 43.3 Å². The second-order valence-corrected chi connectivity index (χ2v) is 5.99. The molecule has 0 amide bonds. The summed E-state index contributed by atoms with van der Waals surface area (Å²) in [4.78, 5) is 12.8. The quantitative estimate of drug-likeness (QED) is 0.645. The fourth-order valence-electron chi connectivity index (χ4n) is 2.86. The molecule has 1 N–H and O–H groups in total. The van der Waals surface area contributed by atoms with Gasteiger partial charge in [-0.1, -0.05) is 12.1 Å². The lowest BCUT2D eigenvalue weighted by Crippen LogP contribution is -2.51. The van der Waals surface area contributed by atoms with Crippen molar-refractivity contribution in [1.82, 2.24) is 10.2 Å². The molecule has 0 radical (unpaired) electrons. The molecule has 1 fully saturated rings. The van der Waals surface area contributed by atoms with Crippen molar-refractivity contribution in [2.45, 2.75) is 38.9 Å². The molecule has 1 saturated heterocycles. The molecule has 0 spiro atoms. The summed E-state index contributed by atoms with van der Waals surface area (Å²) in [7, 11) is 0. The predicted octanol–water partition coefficient (Wildman–Crippen LogP) is 2.35. The topological polar surface area (TPSA) is 67.6 Å². The average molecular weight is 307 g/mol. The highest BCUT2D eigenvalue weighted by atomic mass is 16.6. The molecular formula is C16H25N3O3. The van der Waals surface area contributed by atoms with Gasteiger partial charge in [0.15, 0.2) is 0 Å². The van der Waals surface area contributed by atoms with Crippen molar-refractivity contribution in [3.05, 3.63) is 39.9 Å². The molecule has 1 aromatic carbocycles. The number of rotatable bonds is 6. The second kappa shape index (κ2) is 7.67. The summed E-state index contributed by atoms with van der Waals surface area (Å²) in [6.07, 6.45) is 0. The van der Waals surface area contributed by atoms with E-state index in [0.29, 0.717) is 12.1 Å². The zero-order valence-corrected chi connectivity index (χ0v) is 13.5. The highest BCUT2D eigenvalue weighted by Crippen LogP contribution is 2.18. The maximum atomic E-state index is 10.7. The Balaban J connectivity index is 1.86. The standard InChI is InChI=1S/C16H25N3O3/c1-12(18-8-9-22-11-13(18)2)10-17-14(3)15-4-6-16(7-5-15)19(20)21/h4-7,12-14,17H,8-11H2,1-3H3/t12-,13+,14+/m1/s1. The zero-order chi connectivity index (χ0) is 16.1. The first-order valence-electron chi connectivity index (χ1n) is 7.80. The van der Waals surface area contributed by atoms with Crippen LogP contribution in [0.5, 0.6) is 0 Å². The summed E-state index contributed by atoms with van der Waals surface area (Å²) in [6, 6.07) is 7.79. The molecule has 2 rings (SSSR count). The lowest BCUT2D eigenvalue weighted by Gasteiger charge is -2.38. The van der Waals surface area contributed by atoms with E-state index in [1.165, 1.54) is 0 Å². The Kier molecular flexibility index (Phi) is 5.88. The van der Waals surface area contributed by atoms with Gasteiger partial charge in [0.1, 0.15) is 0 Å². The first-order chi connectivity index (χ1) is 10.5. The van der Waals surface area contributed by atoms with Crippen LogP contribution in [-0.2, 0) is 4.74 Å². The minimum Gasteiger partial charge on any atom is -0.379 e. The van der Waals surface area contributed by atoms with Crippen LogP contribution >= 0.6 is 0 Å². The van der Waals surface area contributed by atoms with Crippen molar-refractivity contribution in [2.75, 3.05) is 26.3 Å². The molecule has 6 nitrogen and oxygen atoms in total. The molecule has 0 saturated carbocycles. The lowest BCUT2D eigenvalue weighted by atomic mass is 10.1. The van der Waals surface area contributed by atoms with Crippen molar-refractivity contribution in [2.24, 2.45) is 0 Å². The molecule has 0 aliphatic carbocycles. The first-order valence-corrected chi connectivity index (χ1v) is 7.80. The summed E-state index contributed by atoms with van der Waals surface area (Å²) >= 11 is 0. The molecule has 0 aromatic heterocycles. The maximum Gasteiger partial charge on any atom is 0.269 e. The SMILES string of the molecule is C[C@H](NC[C@@H](C)N1CCOC[C@@H]1C)c1ccc([N+](=O)[O-])cc1. The van der Waals surface area contributed by atoms with Crippen LogP contribution in [0.4, 0.5) is 5.69 Å². The number of benzene rings is 1. The largest absolute Gasteiger partial charge is 0.379 e. The number of hydrogen-bond donors (Lipinski definition) is 1. The summed E-state index contributed by atoms with van der Waals surface area (Å²) in [6.45, 7) is 9.93. The molecule has 1 heterocycles. The van der Waals surface area contributed by atoms with Gasteiger partial charge in [0.2, 0.25) is 0 Å². The lowest BCUT2D eigenvalue weighted by molar-refractivity contribution is -0.384. The minimum absolute atomic E-state index is 0.131. The molecule has 1 aromatic rings. The number of non-ortho nitro benzene ring substituents is 1. The van der Waals surface area contributed by atoms with E-state index >= 15 is 0 Å². The van der Waals surface area contributed by atoms with Gasteiger partial charge in [0.25, 0.3) is 5.69 Å². The average Bonchev–Trinajstić information content (AvgIpc) is 2.52. The summed E-state index contributed by atoms with van der Waals surface area (Å²) < 4.78 is 5.47. The molecule has 1 aliphatic rings. The Morgan fingerprint density at radius 1 is 1.41 bits per heavy atom. The Hall–Kier alpha value is -1.50. The van der Waals surface area contributed by atoms with Gasteiger partial charge >= 0.3 is 0 Å². The van der Waals surface area contributed by atoms with Gasteiger partial charge in [-0.05, 0) is 26.3 Å². The summed E-state index contributed by atoms with van der Waals surface area (Å²) in [5.41, 5.74) is 1.19. The van der Waals surface area contributed by atoms with Crippen LogP contribution in [-0.4, -0.2) is 48.2 Å². The van der Waals surface area contributed by atoms with Crippen LogP contribution < -0.4 is 5.32 Å². The fraction of sp³-hybridized carbons (Fsp3) is 0.625. The number of nitrogens with one attached hydrogen (secondary N) is 1. The van der Waals surface area contributed by atoms with Gasteiger partial charge in [-0.3, -0.25) is 15.0 Å². The smallest absolute Gasteiger partial charge is 0.269 e. The van der Waals surface area contributed by atoms with Crippen molar-refractivity contribution in [3.63, 3.8) is 0 Å². The molecular weight excluding hydrogens is 282 g/mol. The maximum absolute atomic E-state index is 10.7. The Labute approximate surface area is 131 Å². The van der Waals surface area contributed by atoms with Gasteiger partial charge in [-0.15, -0.1) is 0 Å². The van der Waals surface area contributed by atoms with Crippen LogP contribution in [0.1, 0.15) is 32.4 Å². The second-order valence-electron chi connectivity index (χ2n) is 5.99. The molecule has 0 bridgehead atoms. The van der Waals surface area contributed by atoms with E-state index in [1.807, 2.05) is 12.1 Å². The van der Waals surface area contributed by atoms with Crippen molar-refractivity contribution < 1.29 is 9.66 Å². The van der Waals surface area contributed by atoms with Gasteiger partial charge in [-0.2, -0.15) is 0 Å². The molecule has 1 aliphatic heterocycles. The van der Waals surface area contributed by atoms with Gasteiger partial charge < -0.3 is 10.1 Å². The van der Waals surface area contributed by atoms with Crippen LogP contribution in [0, 0.1) is 10.1 Å². The van der Waals surface area contributed by atoms with Gasteiger partial charge in [-0.25, -0.2) is 0 Å². The number of nitro groups is 1. The third-order valence-corrected chi connectivity index (χ3v) is 4.31. The predicted molar refractivity (Wildman–Crippen MR) is 86.0 cm³/mol. The van der Waals surface area contributed by atoms with Crippen LogP contribution in [0.3, 0.4) is 0 Å². The zero-order valence-electron chi connectivity index (χ0n) is 13.5. The third-order valence-electron chi connectivity index (χ3n) is 4.31. The van der Waals surface area contributed by atoms with Crippen molar-refractivity contribution in [3.8, 4) is 0 Å². The number of nitrogens with zero attached hydrogens (tertiary/aromatic N) is 2. The molecule has 0 unspecified atom stereocenters. The molecule has 122 valence electrons. The van der Waals surface area contributed by atoms with E-state index in [-0.39, 0.29) is 16.7 Å². The Bertz CT molecular complexity index is 492. The monoisotopic (exact) mass is 307 g/mol. The van der Waals surface area contributed by atoms with E-state index in [2.05, 4.69) is 31.0 Å². The van der Waals surface area contributed by atoms with E-state index in [4.69, 9.17) is 4.74 Å². The summed E-state index contributed by atoms with van der Waals surface area (Å²) in [5.74, 6) is 0. The first kappa shape index (κ1) is 16.9. The molecule has 22 heavy (non-hydrogen) atoms. The van der Waals surface area contributed by atoms with Crippen LogP contribution in [0.15, 0.2) is 24.3 Å². The molecule has 3 atom stereocenters. The van der Waals surface area contributed by atoms with Crippen molar-refractivity contribution in [1.29, 1.82) is 0 Å². The van der Waals surface area contributed by atoms with Crippen LogP contribution in [0.2, 0.25) is 0 Å². The Morgan fingerprint density at radius 2 is 2.09 bits per heavy atom. The molecule has 6 heteroatoms. The number of ether oxygens (including phenoxy) is 1. The highest BCUT2D eigenvalue weighted by Gasteiger charge is 2.23. The van der Waals surface area contributed by atoms with E-state index in [1.54, 1.807) is 12.1 Å².